The van der Waals surface area contributed by atoms with Crippen molar-refractivity contribution in [1.29, 1.82) is 0 Å². The van der Waals surface area contributed by atoms with Gasteiger partial charge in [-0.05, 0) is 45.0 Å². The number of hydrogen-bond donors (Lipinski definition) is 1. The highest BCUT2D eigenvalue weighted by atomic mass is 16.6. The standard InChI is InChI=1S/C19H18O5/c1-19(2,3)24-18(22)16-12-6-4-5-7-14(12)23-15-9-8-11(17(20)21)10-13(15)16/h4-10,16H,1-3H3,(H,20,21). The van der Waals surface area contributed by atoms with E-state index in [0.717, 1.165) is 0 Å². The van der Waals surface area contributed by atoms with Crippen LogP contribution < -0.4 is 4.74 Å². The third-order valence-corrected chi connectivity index (χ3v) is 3.66. The van der Waals surface area contributed by atoms with Gasteiger partial charge in [0, 0.05) is 11.1 Å². The first-order valence-electron chi connectivity index (χ1n) is 7.63. The maximum absolute atomic E-state index is 12.8. The summed E-state index contributed by atoms with van der Waals surface area (Å²) < 4.78 is 11.4. The van der Waals surface area contributed by atoms with E-state index in [9.17, 15) is 14.7 Å². The summed E-state index contributed by atoms with van der Waals surface area (Å²) in [5, 5.41) is 9.24. The fourth-order valence-corrected chi connectivity index (χ4v) is 2.71. The third kappa shape index (κ3) is 2.97. The zero-order chi connectivity index (χ0) is 17.5. The van der Waals surface area contributed by atoms with E-state index in [1.807, 2.05) is 12.1 Å². The van der Waals surface area contributed by atoms with Crippen molar-refractivity contribution in [2.45, 2.75) is 32.3 Å². The van der Waals surface area contributed by atoms with Gasteiger partial charge >= 0.3 is 11.9 Å². The lowest BCUT2D eigenvalue weighted by atomic mass is 9.87. The smallest absolute Gasteiger partial charge is 0.335 e. The first-order valence-corrected chi connectivity index (χ1v) is 7.63. The van der Waals surface area contributed by atoms with Crippen molar-refractivity contribution < 1.29 is 24.2 Å². The number of para-hydroxylation sites is 1. The molecule has 5 nitrogen and oxygen atoms in total. The molecule has 0 fully saturated rings. The maximum atomic E-state index is 12.8. The van der Waals surface area contributed by atoms with Crippen molar-refractivity contribution in [3.05, 3.63) is 59.2 Å². The van der Waals surface area contributed by atoms with Crippen molar-refractivity contribution in [3.63, 3.8) is 0 Å². The molecule has 1 atom stereocenters. The Hall–Kier alpha value is -2.82. The average molecular weight is 326 g/mol. The Labute approximate surface area is 139 Å². The van der Waals surface area contributed by atoms with Crippen molar-refractivity contribution in [2.24, 2.45) is 0 Å². The Kier molecular flexibility index (Phi) is 3.79. The molecule has 0 bridgehead atoms. The van der Waals surface area contributed by atoms with Gasteiger partial charge in [0.15, 0.2) is 0 Å². The fraction of sp³-hybridized carbons (Fsp3) is 0.263. The van der Waals surface area contributed by atoms with Gasteiger partial charge < -0.3 is 14.6 Å². The maximum Gasteiger partial charge on any atom is 0.335 e. The number of carbonyl (C=O) groups is 2. The van der Waals surface area contributed by atoms with Crippen LogP contribution in [-0.4, -0.2) is 22.6 Å². The highest BCUT2D eigenvalue weighted by Crippen LogP contribution is 2.45. The minimum Gasteiger partial charge on any atom is -0.478 e. The predicted octanol–water partition coefficient (Wildman–Crippen LogP) is 3.96. The second kappa shape index (κ2) is 5.67. The third-order valence-electron chi connectivity index (χ3n) is 3.66. The molecule has 1 aliphatic heterocycles. The molecule has 1 heterocycles. The molecule has 0 aromatic heterocycles. The number of rotatable bonds is 2. The molecule has 2 aromatic carbocycles. The summed E-state index contributed by atoms with van der Waals surface area (Å²) in [6.07, 6.45) is 0. The molecule has 0 saturated carbocycles. The molecule has 124 valence electrons. The molecule has 1 unspecified atom stereocenters. The van der Waals surface area contributed by atoms with Crippen molar-refractivity contribution in [2.75, 3.05) is 0 Å². The van der Waals surface area contributed by atoms with Crippen LogP contribution in [0.2, 0.25) is 0 Å². The van der Waals surface area contributed by atoms with Crippen molar-refractivity contribution in [3.8, 4) is 11.5 Å². The van der Waals surface area contributed by atoms with Crippen LogP contribution in [0.15, 0.2) is 42.5 Å². The van der Waals surface area contributed by atoms with Crippen LogP contribution in [0, 0.1) is 0 Å². The van der Waals surface area contributed by atoms with Gasteiger partial charge in [0.1, 0.15) is 23.0 Å². The van der Waals surface area contributed by atoms with E-state index in [0.29, 0.717) is 22.6 Å². The van der Waals surface area contributed by atoms with E-state index in [1.54, 1.807) is 39.0 Å². The van der Waals surface area contributed by atoms with Crippen LogP contribution >= 0.6 is 0 Å². The second-order valence-corrected chi connectivity index (χ2v) is 6.66. The minimum absolute atomic E-state index is 0.102. The Bertz CT molecular complexity index is 817. The SMILES string of the molecule is CC(C)(C)OC(=O)C1c2ccccc2Oc2ccc(C(=O)O)cc21. The van der Waals surface area contributed by atoms with E-state index in [-0.39, 0.29) is 5.56 Å². The number of esters is 1. The van der Waals surface area contributed by atoms with Gasteiger partial charge in [-0.15, -0.1) is 0 Å². The van der Waals surface area contributed by atoms with E-state index in [2.05, 4.69) is 0 Å². The van der Waals surface area contributed by atoms with Crippen LogP contribution in [0.25, 0.3) is 0 Å². The molecular weight excluding hydrogens is 308 g/mol. The molecular formula is C19H18O5. The molecule has 2 aromatic rings. The highest BCUT2D eigenvalue weighted by Gasteiger charge is 2.36. The van der Waals surface area contributed by atoms with Crippen molar-refractivity contribution in [1.82, 2.24) is 0 Å². The van der Waals surface area contributed by atoms with E-state index < -0.39 is 23.5 Å². The number of fused-ring (bicyclic) bond motifs is 2. The molecule has 3 rings (SSSR count). The summed E-state index contributed by atoms with van der Waals surface area (Å²) in [5.74, 6) is -1.16. The number of hydrogen-bond acceptors (Lipinski definition) is 4. The van der Waals surface area contributed by atoms with E-state index >= 15 is 0 Å². The van der Waals surface area contributed by atoms with Crippen LogP contribution in [0.5, 0.6) is 11.5 Å². The second-order valence-electron chi connectivity index (χ2n) is 6.66. The molecule has 1 aliphatic rings. The number of aromatic carboxylic acids is 1. The monoisotopic (exact) mass is 326 g/mol. The lowest BCUT2D eigenvalue weighted by Gasteiger charge is -2.29. The number of ether oxygens (including phenoxy) is 2. The van der Waals surface area contributed by atoms with Crippen LogP contribution in [0.3, 0.4) is 0 Å². The Morgan fingerprint density at radius 3 is 2.38 bits per heavy atom. The topological polar surface area (TPSA) is 72.8 Å². The van der Waals surface area contributed by atoms with Gasteiger partial charge in [-0.25, -0.2) is 4.79 Å². The quantitative estimate of drug-likeness (QED) is 0.846. The first kappa shape index (κ1) is 16.1. The average Bonchev–Trinajstić information content (AvgIpc) is 2.50. The van der Waals surface area contributed by atoms with Gasteiger partial charge in [0.05, 0.1) is 5.56 Å². The predicted molar refractivity (Wildman–Crippen MR) is 87.6 cm³/mol. The van der Waals surface area contributed by atoms with Crippen LogP contribution in [0.1, 0.15) is 48.2 Å². The normalized spacial score (nSPS) is 15.7. The molecule has 0 saturated heterocycles. The first-order chi connectivity index (χ1) is 11.3. The zero-order valence-corrected chi connectivity index (χ0v) is 13.7. The summed E-state index contributed by atoms with van der Waals surface area (Å²) in [7, 11) is 0. The number of carboxylic acids is 1. The largest absolute Gasteiger partial charge is 0.478 e. The lowest BCUT2D eigenvalue weighted by Crippen LogP contribution is -2.29. The molecule has 0 radical (unpaired) electrons. The number of benzene rings is 2. The highest BCUT2D eigenvalue weighted by molar-refractivity contribution is 5.91. The van der Waals surface area contributed by atoms with Gasteiger partial charge in [0.25, 0.3) is 0 Å². The number of carbonyl (C=O) groups excluding carboxylic acids is 1. The van der Waals surface area contributed by atoms with E-state index in [4.69, 9.17) is 9.47 Å². The fourth-order valence-electron chi connectivity index (χ4n) is 2.71. The summed E-state index contributed by atoms with van der Waals surface area (Å²) in [5.41, 5.74) is 0.629. The van der Waals surface area contributed by atoms with Crippen molar-refractivity contribution >= 4 is 11.9 Å². The molecule has 5 heteroatoms. The molecule has 24 heavy (non-hydrogen) atoms. The van der Waals surface area contributed by atoms with Crippen LogP contribution in [-0.2, 0) is 9.53 Å². The molecule has 0 aliphatic carbocycles. The van der Waals surface area contributed by atoms with Crippen LogP contribution in [0.4, 0.5) is 0 Å². The number of carboxylic acid groups (broad SMARTS) is 1. The summed E-state index contributed by atoms with van der Waals surface area (Å²) in [4.78, 5) is 24.1. The lowest BCUT2D eigenvalue weighted by molar-refractivity contribution is -0.155. The minimum atomic E-state index is -1.06. The molecule has 0 amide bonds. The Morgan fingerprint density at radius 1 is 1.04 bits per heavy atom. The van der Waals surface area contributed by atoms with E-state index in [1.165, 1.54) is 12.1 Å². The van der Waals surface area contributed by atoms with Gasteiger partial charge in [0.2, 0.25) is 0 Å². The Balaban J connectivity index is 2.14. The summed E-state index contributed by atoms with van der Waals surface area (Å²) >= 11 is 0. The van der Waals surface area contributed by atoms with Gasteiger partial charge in [-0.3, -0.25) is 4.79 Å². The molecule has 1 N–H and O–H groups in total. The Morgan fingerprint density at radius 2 is 1.71 bits per heavy atom. The van der Waals surface area contributed by atoms with Gasteiger partial charge in [-0.2, -0.15) is 0 Å². The molecule has 0 spiro atoms. The summed E-state index contributed by atoms with van der Waals surface area (Å²) in [6, 6.07) is 11.7. The zero-order valence-electron chi connectivity index (χ0n) is 13.7. The summed E-state index contributed by atoms with van der Waals surface area (Å²) in [6.45, 7) is 5.39. The van der Waals surface area contributed by atoms with Gasteiger partial charge in [-0.1, -0.05) is 18.2 Å².